The number of aromatic nitrogens is 1. The number of nitrogens with zero attached hydrogens (tertiary/aromatic N) is 2. The number of primary amides is 1. The summed E-state index contributed by atoms with van der Waals surface area (Å²) in [6.45, 7) is 3.81. The molecular formula is C13H14N4O3S. The van der Waals surface area contributed by atoms with E-state index < -0.39 is 10.8 Å². The van der Waals surface area contributed by atoms with Crippen LogP contribution in [0.4, 0.5) is 11.4 Å². The van der Waals surface area contributed by atoms with Crippen LogP contribution in [0.5, 0.6) is 0 Å². The lowest BCUT2D eigenvalue weighted by molar-refractivity contribution is -0.384. The van der Waals surface area contributed by atoms with Crippen LogP contribution >= 0.6 is 11.3 Å². The number of nitro benzene ring substituents is 1. The summed E-state index contributed by atoms with van der Waals surface area (Å²) < 4.78 is 0. The number of carbonyl (C=O) groups is 1. The lowest BCUT2D eigenvalue weighted by Crippen LogP contribution is -2.13. The third kappa shape index (κ3) is 3.34. The fourth-order valence-electron chi connectivity index (χ4n) is 1.83. The Morgan fingerprint density at radius 1 is 1.52 bits per heavy atom. The Labute approximate surface area is 125 Å². The second-order valence-corrected chi connectivity index (χ2v) is 5.79. The van der Waals surface area contributed by atoms with E-state index in [-0.39, 0.29) is 17.3 Å². The molecule has 0 aliphatic carbocycles. The van der Waals surface area contributed by atoms with Crippen LogP contribution in [-0.4, -0.2) is 15.8 Å². The fraction of sp³-hybridized carbons (Fsp3) is 0.231. The van der Waals surface area contributed by atoms with E-state index in [2.05, 4.69) is 10.3 Å². The van der Waals surface area contributed by atoms with Gasteiger partial charge in [-0.1, -0.05) is 0 Å². The molecule has 1 amide bonds. The standard InChI is InChI=1S/C13H14N4O3S/c1-7-6-15-13(21-7)8(2)16-10-4-3-9(12(14)18)5-11(10)17(19)20/h3-6,8,16H,1-2H3,(H2,14,18). The minimum absolute atomic E-state index is 0.102. The third-order valence-corrected chi connectivity index (χ3v) is 3.96. The predicted octanol–water partition coefficient (Wildman–Crippen LogP) is 2.63. The molecule has 1 heterocycles. The van der Waals surface area contributed by atoms with Crippen molar-refractivity contribution in [2.75, 3.05) is 5.32 Å². The van der Waals surface area contributed by atoms with Crippen LogP contribution in [-0.2, 0) is 0 Å². The molecule has 0 saturated heterocycles. The van der Waals surface area contributed by atoms with E-state index in [4.69, 9.17) is 5.73 Å². The number of benzene rings is 1. The number of nitrogens with two attached hydrogens (primary N) is 1. The first kappa shape index (κ1) is 14.9. The molecule has 0 saturated carbocycles. The highest BCUT2D eigenvalue weighted by Crippen LogP contribution is 2.30. The Balaban J connectivity index is 2.31. The Morgan fingerprint density at radius 3 is 2.76 bits per heavy atom. The summed E-state index contributed by atoms with van der Waals surface area (Å²) in [5.41, 5.74) is 5.38. The summed E-state index contributed by atoms with van der Waals surface area (Å²) in [5.74, 6) is -0.701. The summed E-state index contributed by atoms with van der Waals surface area (Å²) in [4.78, 5) is 27.0. The van der Waals surface area contributed by atoms with Gasteiger partial charge in [-0.05, 0) is 26.0 Å². The third-order valence-electron chi connectivity index (χ3n) is 2.86. The molecule has 1 atom stereocenters. The first-order valence-corrected chi connectivity index (χ1v) is 6.97. The van der Waals surface area contributed by atoms with Crippen LogP contribution in [0, 0.1) is 17.0 Å². The van der Waals surface area contributed by atoms with E-state index in [1.807, 2.05) is 13.8 Å². The molecule has 8 heteroatoms. The SMILES string of the molecule is Cc1cnc(C(C)Nc2ccc(C(N)=O)cc2[N+](=O)[O-])s1. The molecule has 110 valence electrons. The van der Waals surface area contributed by atoms with E-state index in [0.29, 0.717) is 5.69 Å². The van der Waals surface area contributed by atoms with Gasteiger partial charge >= 0.3 is 0 Å². The van der Waals surface area contributed by atoms with Crippen molar-refractivity contribution in [2.24, 2.45) is 5.73 Å². The van der Waals surface area contributed by atoms with E-state index in [1.165, 1.54) is 29.5 Å². The lowest BCUT2D eigenvalue weighted by atomic mass is 10.1. The molecule has 0 aliphatic heterocycles. The van der Waals surface area contributed by atoms with Gasteiger partial charge in [0.1, 0.15) is 10.7 Å². The number of carbonyl (C=O) groups excluding carboxylic acids is 1. The molecule has 1 aromatic heterocycles. The summed E-state index contributed by atoms with van der Waals surface area (Å²) in [6, 6.07) is 3.93. The zero-order chi connectivity index (χ0) is 15.6. The van der Waals surface area contributed by atoms with Crippen molar-refractivity contribution in [3.8, 4) is 0 Å². The van der Waals surface area contributed by atoms with Crippen molar-refractivity contribution < 1.29 is 9.72 Å². The molecule has 2 rings (SSSR count). The van der Waals surface area contributed by atoms with Gasteiger partial charge in [-0.3, -0.25) is 14.9 Å². The number of thiazole rings is 1. The van der Waals surface area contributed by atoms with Gasteiger partial charge in [0.2, 0.25) is 5.91 Å². The molecular weight excluding hydrogens is 292 g/mol. The van der Waals surface area contributed by atoms with Gasteiger partial charge in [0.05, 0.1) is 11.0 Å². The highest BCUT2D eigenvalue weighted by atomic mass is 32.1. The summed E-state index contributed by atoms with van der Waals surface area (Å²) in [5, 5.41) is 15.0. The zero-order valence-corrected chi connectivity index (χ0v) is 12.3. The Kier molecular flexibility index (Phi) is 4.18. The lowest BCUT2D eigenvalue weighted by Gasteiger charge is -2.13. The second kappa shape index (κ2) is 5.88. The maximum Gasteiger partial charge on any atom is 0.293 e. The van der Waals surface area contributed by atoms with Gasteiger partial charge in [-0.25, -0.2) is 4.98 Å². The first-order chi connectivity index (χ1) is 9.88. The van der Waals surface area contributed by atoms with Gasteiger partial charge in [-0.15, -0.1) is 11.3 Å². The normalized spacial score (nSPS) is 11.9. The van der Waals surface area contributed by atoms with E-state index >= 15 is 0 Å². The smallest absolute Gasteiger partial charge is 0.293 e. The van der Waals surface area contributed by atoms with Crippen LogP contribution in [0.2, 0.25) is 0 Å². The molecule has 1 aromatic carbocycles. The van der Waals surface area contributed by atoms with Crippen molar-refractivity contribution in [3.05, 3.63) is 50.0 Å². The molecule has 21 heavy (non-hydrogen) atoms. The van der Waals surface area contributed by atoms with Gasteiger partial charge in [0.15, 0.2) is 0 Å². The highest BCUT2D eigenvalue weighted by Gasteiger charge is 2.19. The monoisotopic (exact) mass is 306 g/mol. The van der Waals surface area contributed by atoms with Crippen LogP contribution in [0.15, 0.2) is 24.4 Å². The Morgan fingerprint density at radius 2 is 2.24 bits per heavy atom. The molecule has 1 unspecified atom stereocenters. The van der Waals surface area contributed by atoms with Crippen LogP contribution in [0.25, 0.3) is 0 Å². The van der Waals surface area contributed by atoms with Crippen molar-refractivity contribution in [1.82, 2.24) is 4.98 Å². The number of hydrogen-bond acceptors (Lipinski definition) is 6. The van der Waals surface area contributed by atoms with E-state index in [1.54, 1.807) is 6.20 Å². The van der Waals surface area contributed by atoms with Gasteiger partial charge < -0.3 is 11.1 Å². The minimum atomic E-state index is -0.701. The molecule has 0 spiro atoms. The van der Waals surface area contributed by atoms with Crippen LogP contribution < -0.4 is 11.1 Å². The van der Waals surface area contributed by atoms with Gasteiger partial charge in [0, 0.05) is 22.7 Å². The summed E-state index contributed by atoms with van der Waals surface area (Å²) >= 11 is 1.52. The molecule has 0 bridgehead atoms. The molecule has 2 aromatic rings. The predicted molar refractivity (Wildman–Crippen MR) is 80.5 cm³/mol. The average molecular weight is 306 g/mol. The largest absolute Gasteiger partial charge is 0.371 e. The number of amides is 1. The second-order valence-electron chi connectivity index (χ2n) is 4.53. The summed E-state index contributed by atoms with van der Waals surface area (Å²) in [7, 11) is 0. The first-order valence-electron chi connectivity index (χ1n) is 6.15. The molecule has 3 N–H and O–H groups in total. The molecule has 0 aliphatic rings. The molecule has 7 nitrogen and oxygen atoms in total. The Bertz CT molecular complexity index is 698. The van der Waals surface area contributed by atoms with E-state index in [0.717, 1.165) is 9.88 Å². The number of hydrogen-bond donors (Lipinski definition) is 2. The van der Waals surface area contributed by atoms with Crippen LogP contribution in [0.1, 0.15) is 33.2 Å². The summed E-state index contributed by atoms with van der Waals surface area (Å²) in [6.07, 6.45) is 1.75. The van der Waals surface area contributed by atoms with Crippen molar-refractivity contribution in [2.45, 2.75) is 19.9 Å². The maximum absolute atomic E-state index is 11.1. The zero-order valence-electron chi connectivity index (χ0n) is 11.5. The van der Waals surface area contributed by atoms with Gasteiger partial charge in [0.25, 0.3) is 5.69 Å². The van der Waals surface area contributed by atoms with Crippen molar-refractivity contribution in [3.63, 3.8) is 0 Å². The van der Waals surface area contributed by atoms with E-state index in [9.17, 15) is 14.9 Å². The number of anilines is 1. The number of nitrogens with one attached hydrogen (secondary N) is 1. The van der Waals surface area contributed by atoms with Gasteiger partial charge in [-0.2, -0.15) is 0 Å². The average Bonchev–Trinajstić information content (AvgIpc) is 2.85. The number of rotatable bonds is 5. The topological polar surface area (TPSA) is 111 Å². The maximum atomic E-state index is 11.1. The number of nitro groups is 1. The minimum Gasteiger partial charge on any atom is -0.371 e. The highest BCUT2D eigenvalue weighted by molar-refractivity contribution is 7.11. The Hall–Kier alpha value is -2.48. The van der Waals surface area contributed by atoms with Crippen molar-refractivity contribution >= 4 is 28.6 Å². The van der Waals surface area contributed by atoms with Crippen LogP contribution in [0.3, 0.4) is 0 Å². The molecule has 0 fully saturated rings. The molecule has 0 radical (unpaired) electrons. The fourth-order valence-corrected chi connectivity index (χ4v) is 2.60. The quantitative estimate of drug-likeness (QED) is 0.651. The number of aryl methyl sites for hydroxylation is 1. The van der Waals surface area contributed by atoms with Crippen molar-refractivity contribution in [1.29, 1.82) is 0 Å².